The Kier molecular flexibility index (Phi) is 9.82. The first-order valence-electron chi connectivity index (χ1n) is 8.23. The maximum atomic E-state index is 3.67. The van der Waals surface area contributed by atoms with E-state index < -0.39 is 0 Å². The van der Waals surface area contributed by atoms with Crippen LogP contribution in [0.25, 0.3) is 18.2 Å². The van der Waals surface area contributed by atoms with Crippen molar-refractivity contribution in [3.05, 3.63) is 127 Å². The second-order valence-corrected chi connectivity index (χ2v) is 5.35. The number of benzene rings is 3. The molecule has 3 aromatic carbocycles. The van der Waals surface area contributed by atoms with Gasteiger partial charge in [-0.1, -0.05) is 122 Å². The van der Waals surface area contributed by atoms with E-state index in [-0.39, 0.29) is 0 Å². The van der Waals surface area contributed by atoms with E-state index in [1.165, 1.54) is 11.1 Å². The highest BCUT2D eigenvalue weighted by molar-refractivity contribution is 5.55. The summed E-state index contributed by atoms with van der Waals surface area (Å²) in [5.41, 5.74) is 4.77. The standard InChI is InChI=1S/C10H10.C8H8.C7H8/c1-3-9-6-5-7-10(4-2)8-9;1-2-8-6-4-3-5-7-8;1-7-5-3-2-4-6-7/h3-8H,1-2H2;2-7H,1H2;2-6H,1H3. The Bertz CT molecular complexity index is 729. The first-order chi connectivity index (χ1) is 12.2. The SMILES string of the molecule is C=Cc1cccc(C=C)c1.C=Cc1ccccc1.Cc1ccccc1. The summed E-state index contributed by atoms with van der Waals surface area (Å²) in [5, 5.41) is 0. The van der Waals surface area contributed by atoms with Gasteiger partial charge in [0.1, 0.15) is 0 Å². The monoisotopic (exact) mass is 326 g/mol. The van der Waals surface area contributed by atoms with E-state index in [0.717, 1.165) is 11.1 Å². The van der Waals surface area contributed by atoms with E-state index in [9.17, 15) is 0 Å². The molecule has 0 radical (unpaired) electrons. The lowest BCUT2D eigenvalue weighted by Crippen LogP contribution is -1.72. The number of hydrogen-bond donors (Lipinski definition) is 0. The molecule has 0 atom stereocenters. The van der Waals surface area contributed by atoms with E-state index in [2.05, 4.69) is 38.8 Å². The van der Waals surface area contributed by atoms with Crippen LogP contribution in [-0.2, 0) is 0 Å². The fourth-order valence-electron chi connectivity index (χ4n) is 1.94. The largest absolute Gasteiger partial charge is 0.0985 e. The Morgan fingerprint density at radius 1 is 0.520 bits per heavy atom. The smallest absolute Gasteiger partial charge is 0.0257 e. The van der Waals surface area contributed by atoms with E-state index >= 15 is 0 Å². The first-order valence-corrected chi connectivity index (χ1v) is 8.23. The molecule has 3 rings (SSSR count). The summed E-state index contributed by atoms with van der Waals surface area (Å²) in [6.45, 7) is 13.1. The second kappa shape index (κ2) is 12.3. The number of rotatable bonds is 3. The zero-order chi connectivity index (χ0) is 18.3. The van der Waals surface area contributed by atoms with Crippen molar-refractivity contribution in [3.8, 4) is 0 Å². The third kappa shape index (κ3) is 8.92. The molecular weight excluding hydrogens is 300 g/mol. The summed E-state index contributed by atoms with van der Waals surface area (Å²) in [5.74, 6) is 0. The average molecular weight is 326 g/mol. The van der Waals surface area contributed by atoms with Crippen LogP contribution in [0.4, 0.5) is 0 Å². The Morgan fingerprint density at radius 3 is 1.24 bits per heavy atom. The molecule has 0 heteroatoms. The van der Waals surface area contributed by atoms with E-state index in [4.69, 9.17) is 0 Å². The van der Waals surface area contributed by atoms with Gasteiger partial charge in [-0.15, -0.1) is 0 Å². The minimum absolute atomic E-state index is 1.14. The summed E-state index contributed by atoms with van der Waals surface area (Å²) >= 11 is 0. The van der Waals surface area contributed by atoms with Crippen LogP contribution >= 0.6 is 0 Å². The average Bonchev–Trinajstić information content (AvgIpc) is 2.70. The zero-order valence-electron chi connectivity index (χ0n) is 14.9. The van der Waals surface area contributed by atoms with Crippen molar-refractivity contribution in [1.29, 1.82) is 0 Å². The molecule has 0 aromatic heterocycles. The van der Waals surface area contributed by atoms with Crippen LogP contribution in [0.5, 0.6) is 0 Å². The minimum Gasteiger partial charge on any atom is -0.0985 e. The van der Waals surface area contributed by atoms with Gasteiger partial charge in [0.25, 0.3) is 0 Å². The lowest BCUT2D eigenvalue weighted by atomic mass is 10.1. The fraction of sp³-hybridized carbons (Fsp3) is 0.0400. The van der Waals surface area contributed by atoms with Crippen molar-refractivity contribution in [3.63, 3.8) is 0 Å². The molecule has 0 N–H and O–H groups in total. The Labute approximate surface area is 152 Å². The molecule has 25 heavy (non-hydrogen) atoms. The molecule has 3 aromatic rings. The Morgan fingerprint density at radius 2 is 0.920 bits per heavy atom. The first kappa shape index (κ1) is 19.9. The molecule has 0 spiro atoms. The van der Waals surface area contributed by atoms with Crippen LogP contribution in [0, 0.1) is 6.92 Å². The van der Waals surface area contributed by atoms with Gasteiger partial charge in [-0.2, -0.15) is 0 Å². The predicted molar refractivity (Wildman–Crippen MR) is 114 cm³/mol. The van der Waals surface area contributed by atoms with Gasteiger partial charge in [0.05, 0.1) is 0 Å². The van der Waals surface area contributed by atoms with Crippen molar-refractivity contribution in [2.24, 2.45) is 0 Å². The van der Waals surface area contributed by atoms with Crippen LogP contribution in [0.1, 0.15) is 22.3 Å². The van der Waals surface area contributed by atoms with Gasteiger partial charge in [0.15, 0.2) is 0 Å². The molecule has 0 amide bonds. The molecule has 0 bridgehead atoms. The summed E-state index contributed by atoms with van der Waals surface area (Å²) < 4.78 is 0. The van der Waals surface area contributed by atoms with E-state index in [0.29, 0.717) is 0 Å². The van der Waals surface area contributed by atoms with Crippen molar-refractivity contribution >= 4 is 18.2 Å². The topological polar surface area (TPSA) is 0 Å². The Balaban J connectivity index is 0.000000191. The van der Waals surface area contributed by atoms with E-state index in [1.54, 1.807) is 0 Å². The van der Waals surface area contributed by atoms with Gasteiger partial charge in [0, 0.05) is 0 Å². The summed E-state index contributed by atoms with van der Waals surface area (Å²) in [4.78, 5) is 0. The summed E-state index contributed by atoms with van der Waals surface area (Å²) in [6.07, 6.45) is 5.49. The van der Waals surface area contributed by atoms with Crippen LogP contribution in [0.2, 0.25) is 0 Å². The highest BCUT2D eigenvalue weighted by Crippen LogP contribution is 2.06. The second-order valence-electron chi connectivity index (χ2n) is 5.35. The van der Waals surface area contributed by atoms with Gasteiger partial charge in [-0.05, 0) is 29.7 Å². The van der Waals surface area contributed by atoms with Gasteiger partial charge in [-0.3, -0.25) is 0 Å². The van der Waals surface area contributed by atoms with Gasteiger partial charge >= 0.3 is 0 Å². The molecule has 0 aliphatic carbocycles. The van der Waals surface area contributed by atoms with E-state index in [1.807, 2.05) is 91.0 Å². The Hall–Kier alpha value is -3.12. The van der Waals surface area contributed by atoms with Gasteiger partial charge in [0.2, 0.25) is 0 Å². The molecule has 0 unspecified atom stereocenters. The highest BCUT2D eigenvalue weighted by Gasteiger charge is 1.85. The fourth-order valence-corrected chi connectivity index (χ4v) is 1.94. The van der Waals surface area contributed by atoms with Gasteiger partial charge < -0.3 is 0 Å². The molecule has 126 valence electrons. The molecule has 0 nitrogen and oxygen atoms in total. The lowest BCUT2D eigenvalue weighted by Gasteiger charge is -1.93. The van der Waals surface area contributed by atoms with Crippen molar-refractivity contribution in [1.82, 2.24) is 0 Å². The molecule has 0 saturated carbocycles. The molecule has 0 aliphatic rings. The van der Waals surface area contributed by atoms with Crippen molar-refractivity contribution in [2.45, 2.75) is 6.92 Å². The zero-order valence-corrected chi connectivity index (χ0v) is 14.9. The molecular formula is C25H26. The lowest BCUT2D eigenvalue weighted by molar-refractivity contribution is 1.48. The third-order valence-corrected chi connectivity index (χ3v) is 3.36. The van der Waals surface area contributed by atoms with Crippen LogP contribution < -0.4 is 0 Å². The van der Waals surface area contributed by atoms with Gasteiger partial charge in [-0.25, -0.2) is 0 Å². The summed E-state index contributed by atoms with van der Waals surface area (Å²) in [7, 11) is 0. The molecule has 0 aliphatic heterocycles. The van der Waals surface area contributed by atoms with Crippen molar-refractivity contribution < 1.29 is 0 Å². The maximum absolute atomic E-state index is 3.67. The quantitative estimate of drug-likeness (QED) is 0.474. The number of hydrogen-bond acceptors (Lipinski definition) is 0. The maximum Gasteiger partial charge on any atom is -0.0257 e. The highest BCUT2D eigenvalue weighted by atomic mass is 13.9. The third-order valence-electron chi connectivity index (χ3n) is 3.36. The molecule has 0 heterocycles. The minimum atomic E-state index is 1.14. The molecule has 0 fully saturated rings. The van der Waals surface area contributed by atoms with Crippen LogP contribution in [-0.4, -0.2) is 0 Å². The number of aryl methyl sites for hydroxylation is 1. The molecule has 0 saturated heterocycles. The van der Waals surface area contributed by atoms with Crippen LogP contribution in [0.3, 0.4) is 0 Å². The predicted octanol–water partition coefficient (Wildman–Crippen LogP) is 7.30. The normalized spacial score (nSPS) is 8.68. The van der Waals surface area contributed by atoms with Crippen LogP contribution in [0.15, 0.2) is 105 Å². The van der Waals surface area contributed by atoms with Crippen molar-refractivity contribution in [2.75, 3.05) is 0 Å². The summed E-state index contributed by atoms with van der Waals surface area (Å²) in [6, 6.07) is 28.4.